The van der Waals surface area contributed by atoms with Crippen molar-refractivity contribution in [3.63, 3.8) is 0 Å². The van der Waals surface area contributed by atoms with Gasteiger partial charge in [-0.15, -0.1) is 11.3 Å². The summed E-state index contributed by atoms with van der Waals surface area (Å²) in [6.07, 6.45) is 0. The van der Waals surface area contributed by atoms with Gasteiger partial charge in [0, 0.05) is 10.9 Å². The van der Waals surface area contributed by atoms with Crippen molar-refractivity contribution in [2.24, 2.45) is 0 Å². The van der Waals surface area contributed by atoms with Crippen LogP contribution in [0, 0.1) is 0 Å². The third kappa shape index (κ3) is 2.78. The molecule has 0 amide bonds. The molecule has 0 radical (unpaired) electrons. The Morgan fingerprint density at radius 3 is 2.89 bits per heavy atom. The summed E-state index contributed by atoms with van der Waals surface area (Å²) < 4.78 is 9.93. The molecule has 0 atom stereocenters. The van der Waals surface area contributed by atoms with Gasteiger partial charge in [-0.25, -0.2) is 9.78 Å². The summed E-state index contributed by atoms with van der Waals surface area (Å²) >= 11 is 1.36. The van der Waals surface area contributed by atoms with Crippen molar-refractivity contribution in [3.8, 4) is 17.0 Å². The molecule has 5 nitrogen and oxygen atoms in total. The van der Waals surface area contributed by atoms with Crippen LogP contribution in [0.15, 0.2) is 29.6 Å². The Labute approximate surface area is 108 Å². The van der Waals surface area contributed by atoms with E-state index >= 15 is 0 Å². The maximum Gasteiger partial charge on any atom is 0.343 e. The topological polar surface area (TPSA) is 74.4 Å². The van der Waals surface area contributed by atoms with Gasteiger partial charge < -0.3 is 15.2 Å². The highest BCUT2D eigenvalue weighted by atomic mass is 32.1. The Kier molecular flexibility index (Phi) is 3.78. The van der Waals surface area contributed by atoms with E-state index in [1.807, 2.05) is 23.6 Å². The second-order valence-corrected chi connectivity index (χ2v) is 4.32. The molecule has 0 saturated heterocycles. The SMILES string of the molecule is COC(=O)COc1ccccc1-c1csc(N)n1. The molecule has 0 unspecified atom stereocenters. The van der Waals surface area contributed by atoms with Gasteiger partial charge in [-0.3, -0.25) is 0 Å². The molecular formula is C12H12N2O3S. The molecule has 6 heteroatoms. The van der Waals surface area contributed by atoms with Crippen LogP contribution in [-0.2, 0) is 9.53 Å². The zero-order valence-electron chi connectivity index (χ0n) is 9.75. The largest absolute Gasteiger partial charge is 0.481 e. The Balaban J connectivity index is 2.23. The second kappa shape index (κ2) is 5.50. The van der Waals surface area contributed by atoms with Crippen molar-refractivity contribution >= 4 is 22.4 Å². The van der Waals surface area contributed by atoms with Gasteiger partial charge in [0.05, 0.1) is 12.8 Å². The lowest BCUT2D eigenvalue weighted by molar-refractivity contribution is -0.142. The van der Waals surface area contributed by atoms with E-state index in [0.29, 0.717) is 10.9 Å². The van der Waals surface area contributed by atoms with Crippen LogP contribution in [-0.4, -0.2) is 24.7 Å². The molecule has 1 aromatic heterocycles. The van der Waals surface area contributed by atoms with Crippen molar-refractivity contribution in [2.75, 3.05) is 19.5 Å². The normalized spacial score (nSPS) is 10.1. The molecule has 2 N–H and O–H groups in total. The van der Waals surface area contributed by atoms with Crippen molar-refractivity contribution in [1.29, 1.82) is 0 Å². The fraction of sp³-hybridized carbons (Fsp3) is 0.167. The predicted octanol–water partition coefficient (Wildman–Crippen LogP) is 1.94. The van der Waals surface area contributed by atoms with E-state index in [2.05, 4.69) is 9.72 Å². The number of nitrogens with zero attached hydrogens (tertiary/aromatic N) is 1. The van der Waals surface area contributed by atoms with E-state index in [1.54, 1.807) is 6.07 Å². The number of para-hydroxylation sites is 1. The van der Waals surface area contributed by atoms with Crippen molar-refractivity contribution in [1.82, 2.24) is 4.98 Å². The highest BCUT2D eigenvalue weighted by Gasteiger charge is 2.10. The summed E-state index contributed by atoms with van der Waals surface area (Å²) in [7, 11) is 1.32. The predicted molar refractivity (Wildman–Crippen MR) is 69.5 cm³/mol. The second-order valence-electron chi connectivity index (χ2n) is 3.43. The molecule has 0 bridgehead atoms. The Hall–Kier alpha value is -2.08. The zero-order chi connectivity index (χ0) is 13.0. The molecule has 1 aromatic carbocycles. The first-order chi connectivity index (χ1) is 8.70. The standard InChI is InChI=1S/C12H12N2O3S/c1-16-11(15)6-17-10-5-3-2-4-8(10)9-7-18-12(13)14-9/h2-5,7H,6H2,1H3,(H2,13,14). The maximum atomic E-state index is 11.1. The molecular weight excluding hydrogens is 252 g/mol. The molecule has 2 rings (SSSR count). The van der Waals surface area contributed by atoms with Gasteiger partial charge in [-0.1, -0.05) is 12.1 Å². The molecule has 0 spiro atoms. The number of anilines is 1. The minimum atomic E-state index is -0.428. The molecule has 18 heavy (non-hydrogen) atoms. The van der Waals surface area contributed by atoms with Crippen LogP contribution in [0.5, 0.6) is 5.75 Å². The number of nitrogen functional groups attached to an aromatic ring is 1. The summed E-state index contributed by atoms with van der Waals surface area (Å²) in [4.78, 5) is 15.2. The number of carbonyl (C=O) groups is 1. The minimum Gasteiger partial charge on any atom is -0.481 e. The molecule has 0 aliphatic carbocycles. The lowest BCUT2D eigenvalue weighted by Crippen LogP contribution is -2.12. The smallest absolute Gasteiger partial charge is 0.343 e. The molecule has 0 aliphatic rings. The average molecular weight is 264 g/mol. The Morgan fingerprint density at radius 1 is 1.44 bits per heavy atom. The van der Waals surface area contributed by atoms with Crippen LogP contribution in [0.3, 0.4) is 0 Å². The van der Waals surface area contributed by atoms with Crippen LogP contribution in [0.1, 0.15) is 0 Å². The number of methoxy groups -OCH3 is 1. The van der Waals surface area contributed by atoms with Crippen molar-refractivity contribution in [2.45, 2.75) is 0 Å². The third-order valence-corrected chi connectivity index (χ3v) is 2.93. The number of rotatable bonds is 4. The average Bonchev–Trinajstić information content (AvgIpc) is 2.83. The Morgan fingerprint density at radius 2 is 2.22 bits per heavy atom. The van der Waals surface area contributed by atoms with Crippen LogP contribution >= 0.6 is 11.3 Å². The van der Waals surface area contributed by atoms with Crippen LogP contribution in [0.25, 0.3) is 11.3 Å². The highest BCUT2D eigenvalue weighted by Crippen LogP contribution is 2.31. The number of hydrogen-bond donors (Lipinski definition) is 1. The zero-order valence-corrected chi connectivity index (χ0v) is 10.6. The Bertz CT molecular complexity index is 554. The van der Waals surface area contributed by atoms with Crippen LogP contribution < -0.4 is 10.5 Å². The number of esters is 1. The molecule has 94 valence electrons. The van der Waals surface area contributed by atoms with Gasteiger partial charge in [0.15, 0.2) is 11.7 Å². The van der Waals surface area contributed by atoms with Gasteiger partial charge in [0.2, 0.25) is 0 Å². The van der Waals surface area contributed by atoms with Gasteiger partial charge >= 0.3 is 5.97 Å². The summed E-state index contributed by atoms with van der Waals surface area (Å²) in [5, 5.41) is 2.34. The first kappa shape index (κ1) is 12.4. The molecule has 0 saturated carbocycles. The first-order valence-electron chi connectivity index (χ1n) is 5.20. The maximum absolute atomic E-state index is 11.1. The number of aromatic nitrogens is 1. The van der Waals surface area contributed by atoms with Crippen LogP contribution in [0.4, 0.5) is 5.13 Å². The summed E-state index contributed by atoms with van der Waals surface area (Å²) in [5.41, 5.74) is 7.14. The molecule has 2 aromatic rings. The highest BCUT2D eigenvalue weighted by molar-refractivity contribution is 7.13. The number of nitrogens with two attached hydrogens (primary N) is 1. The fourth-order valence-corrected chi connectivity index (χ4v) is 1.97. The minimum absolute atomic E-state index is 0.132. The number of ether oxygens (including phenoxy) is 2. The van der Waals surface area contributed by atoms with E-state index < -0.39 is 5.97 Å². The molecule has 0 aliphatic heterocycles. The van der Waals surface area contributed by atoms with Gasteiger partial charge in [-0.2, -0.15) is 0 Å². The van der Waals surface area contributed by atoms with E-state index in [4.69, 9.17) is 10.5 Å². The van der Waals surface area contributed by atoms with Crippen LogP contribution in [0.2, 0.25) is 0 Å². The number of carbonyl (C=O) groups excluding carboxylic acids is 1. The van der Waals surface area contributed by atoms with E-state index in [-0.39, 0.29) is 6.61 Å². The lowest BCUT2D eigenvalue weighted by Gasteiger charge is -2.08. The fourth-order valence-electron chi connectivity index (χ4n) is 1.41. The first-order valence-corrected chi connectivity index (χ1v) is 6.08. The molecule has 0 fully saturated rings. The van der Waals surface area contributed by atoms with E-state index in [0.717, 1.165) is 11.3 Å². The van der Waals surface area contributed by atoms with E-state index in [1.165, 1.54) is 18.4 Å². The van der Waals surface area contributed by atoms with Gasteiger partial charge in [0.1, 0.15) is 5.75 Å². The number of hydrogen-bond acceptors (Lipinski definition) is 6. The van der Waals surface area contributed by atoms with Crippen molar-refractivity contribution < 1.29 is 14.3 Å². The molecule has 1 heterocycles. The van der Waals surface area contributed by atoms with Crippen molar-refractivity contribution in [3.05, 3.63) is 29.6 Å². The van der Waals surface area contributed by atoms with E-state index in [9.17, 15) is 4.79 Å². The lowest BCUT2D eigenvalue weighted by atomic mass is 10.1. The quantitative estimate of drug-likeness (QED) is 0.854. The summed E-state index contributed by atoms with van der Waals surface area (Å²) in [6.45, 7) is -0.132. The van der Waals surface area contributed by atoms with Gasteiger partial charge in [-0.05, 0) is 12.1 Å². The monoisotopic (exact) mass is 264 g/mol. The third-order valence-electron chi connectivity index (χ3n) is 2.26. The number of thiazole rings is 1. The summed E-state index contributed by atoms with van der Waals surface area (Å²) in [5.74, 6) is 0.149. The number of benzene rings is 1. The summed E-state index contributed by atoms with van der Waals surface area (Å²) in [6, 6.07) is 7.33. The van der Waals surface area contributed by atoms with Gasteiger partial charge in [0.25, 0.3) is 0 Å².